The zero-order valence-corrected chi connectivity index (χ0v) is 13.1. The minimum Gasteiger partial charge on any atom is -0.444 e. The van der Waals surface area contributed by atoms with Gasteiger partial charge in [0.15, 0.2) is 0 Å². The lowest BCUT2D eigenvalue weighted by Crippen LogP contribution is -2.41. The van der Waals surface area contributed by atoms with Gasteiger partial charge in [-0.15, -0.1) is 0 Å². The molecule has 1 rings (SSSR count). The van der Waals surface area contributed by atoms with Crippen LogP contribution < -0.4 is 11.1 Å². The molecule has 0 aliphatic carbocycles. The Bertz CT molecular complexity index is 553. The van der Waals surface area contributed by atoms with Crippen molar-refractivity contribution in [3.63, 3.8) is 0 Å². The number of benzene rings is 1. The summed E-state index contributed by atoms with van der Waals surface area (Å²) in [6, 6.07) is 2.27. The normalized spacial score (nSPS) is 13.6. The third kappa shape index (κ3) is 6.43. The third-order valence-electron chi connectivity index (χ3n) is 2.77. The average molecular weight is 336 g/mol. The highest BCUT2D eigenvalue weighted by atomic mass is 19.4. The largest absolute Gasteiger partial charge is 0.444 e. The van der Waals surface area contributed by atoms with Crippen LogP contribution in [0.25, 0.3) is 0 Å². The number of alkyl carbamates (subject to hydrolysis) is 1. The molecule has 0 heterocycles. The van der Waals surface area contributed by atoms with Gasteiger partial charge in [-0.05, 0) is 38.8 Å². The third-order valence-corrected chi connectivity index (χ3v) is 2.77. The molecule has 3 N–H and O–H groups in total. The molecule has 4 nitrogen and oxygen atoms in total. The Kier molecular flexibility index (Phi) is 5.98. The van der Waals surface area contributed by atoms with E-state index in [1.165, 1.54) is 6.07 Å². The van der Waals surface area contributed by atoms with Crippen molar-refractivity contribution in [1.82, 2.24) is 5.32 Å². The van der Waals surface area contributed by atoms with Crippen molar-refractivity contribution in [3.05, 3.63) is 35.1 Å². The molecule has 0 saturated heterocycles. The van der Waals surface area contributed by atoms with Crippen molar-refractivity contribution >= 4 is 6.09 Å². The maximum atomic E-state index is 13.9. The monoisotopic (exact) mass is 336 g/mol. The fourth-order valence-corrected chi connectivity index (χ4v) is 1.84. The molecule has 1 aromatic carbocycles. The lowest BCUT2D eigenvalue weighted by Gasteiger charge is -2.21. The van der Waals surface area contributed by atoms with Crippen LogP contribution in [-0.4, -0.2) is 24.3 Å². The number of ether oxygens (including phenoxy) is 1. The number of nitrogens with two attached hydrogens (primary N) is 1. The van der Waals surface area contributed by atoms with E-state index in [-0.39, 0.29) is 18.5 Å². The molecule has 0 spiro atoms. The first-order valence-corrected chi connectivity index (χ1v) is 6.97. The van der Waals surface area contributed by atoms with Crippen LogP contribution in [-0.2, 0) is 17.3 Å². The van der Waals surface area contributed by atoms with E-state index in [2.05, 4.69) is 5.32 Å². The number of rotatable bonds is 4. The first-order valence-electron chi connectivity index (χ1n) is 6.97. The van der Waals surface area contributed by atoms with Crippen molar-refractivity contribution < 1.29 is 27.1 Å². The molecule has 0 aliphatic rings. The first kappa shape index (κ1) is 19.2. The summed E-state index contributed by atoms with van der Waals surface area (Å²) in [5.74, 6) is -1.34. The Morgan fingerprint density at radius 1 is 1.30 bits per heavy atom. The molecule has 0 fully saturated rings. The second-order valence-corrected chi connectivity index (χ2v) is 6.12. The summed E-state index contributed by atoms with van der Waals surface area (Å²) in [5, 5.41) is 2.39. The minimum atomic E-state index is -4.76. The van der Waals surface area contributed by atoms with Gasteiger partial charge in [-0.3, -0.25) is 0 Å². The van der Waals surface area contributed by atoms with Gasteiger partial charge in [0.2, 0.25) is 0 Å². The van der Waals surface area contributed by atoms with Crippen molar-refractivity contribution in [2.75, 3.05) is 6.54 Å². The van der Waals surface area contributed by atoms with Crippen LogP contribution in [0.4, 0.5) is 22.4 Å². The summed E-state index contributed by atoms with van der Waals surface area (Å²) in [5.41, 5.74) is 3.56. The molecular formula is C15H20F4N2O2. The molecule has 1 unspecified atom stereocenters. The number of amides is 1. The van der Waals surface area contributed by atoms with E-state index < -0.39 is 35.3 Å². The fourth-order valence-electron chi connectivity index (χ4n) is 1.84. The summed E-state index contributed by atoms with van der Waals surface area (Å²) in [7, 11) is 0. The first-order chi connectivity index (χ1) is 10.4. The topological polar surface area (TPSA) is 64.3 Å². The van der Waals surface area contributed by atoms with Crippen LogP contribution in [0.3, 0.4) is 0 Å². The van der Waals surface area contributed by atoms with Gasteiger partial charge in [0.25, 0.3) is 0 Å². The maximum Gasteiger partial charge on any atom is 0.419 e. The number of carbonyl (C=O) groups excluding carboxylic acids is 1. The van der Waals surface area contributed by atoms with E-state index >= 15 is 0 Å². The maximum absolute atomic E-state index is 13.9. The van der Waals surface area contributed by atoms with Gasteiger partial charge in [-0.2, -0.15) is 13.2 Å². The lowest BCUT2D eigenvalue weighted by molar-refractivity contribution is -0.140. The van der Waals surface area contributed by atoms with Crippen LogP contribution in [0, 0.1) is 5.82 Å². The van der Waals surface area contributed by atoms with E-state index in [1.54, 1.807) is 20.8 Å². The van der Waals surface area contributed by atoms with Gasteiger partial charge in [-0.25, -0.2) is 9.18 Å². The van der Waals surface area contributed by atoms with Crippen LogP contribution in [0.5, 0.6) is 0 Å². The summed E-state index contributed by atoms with van der Waals surface area (Å²) in [4.78, 5) is 11.5. The molecule has 130 valence electrons. The molecule has 8 heteroatoms. The van der Waals surface area contributed by atoms with E-state index in [0.29, 0.717) is 6.07 Å². The summed E-state index contributed by atoms with van der Waals surface area (Å²) < 4.78 is 56.8. The second kappa shape index (κ2) is 7.16. The van der Waals surface area contributed by atoms with Crippen LogP contribution in [0.1, 0.15) is 31.9 Å². The van der Waals surface area contributed by atoms with E-state index in [4.69, 9.17) is 10.5 Å². The molecule has 1 amide bonds. The molecule has 1 aromatic rings. The second-order valence-electron chi connectivity index (χ2n) is 6.12. The van der Waals surface area contributed by atoms with Crippen LogP contribution >= 0.6 is 0 Å². The fraction of sp³-hybridized carbons (Fsp3) is 0.533. The smallest absolute Gasteiger partial charge is 0.419 e. The summed E-state index contributed by atoms with van der Waals surface area (Å²) in [6.45, 7) is 5.00. The summed E-state index contributed by atoms with van der Waals surface area (Å²) in [6.07, 6.45) is -5.61. The van der Waals surface area contributed by atoms with E-state index in [9.17, 15) is 22.4 Å². The SMILES string of the molecule is CC(C)(C)OC(=O)NCC(N)Cc1cccc(C(F)(F)F)c1F. The number of hydrogen-bond acceptors (Lipinski definition) is 3. The number of halogens is 4. The predicted octanol–water partition coefficient (Wildman–Crippen LogP) is 3.24. The standard InChI is InChI=1S/C15H20F4N2O2/c1-14(2,3)23-13(22)21-8-10(20)7-9-5-4-6-11(12(9)16)15(17,18)19/h4-6,10H,7-8,20H2,1-3H3,(H,21,22). The highest BCUT2D eigenvalue weighted by Crippen LogP contribution is 2.32. The highest BCUT2D eigenvalue weighted by Gasteiger charge is 2.34. The van der Waals surface area contributed by atoms with Crippen molar-refractivity contribution in [3.8, 4) is 0 Å². The van der Waals surface area contributed by atoms with E-state index in [1.807, 2.05) is 0 Å². The Balaban J connectivity index is 2.65. The van der Waals surface area contributed by atoms with Gasteiger partial charge >= 0.3 is 12.3 Å². The number of carbonyl (C=O) groups is 1. The molecule has 0 radical (unpaired) electrons. The van der Waals surface area contributed by atoms with Crippen LogP contribution in [0.15, 0.2) is 18.2 Å². The summed E-state index contributed by atoms with van der Waals surface area (Å²) >= 11 is 0. The average Bonchev–Trinajstić information content (AvgIpc) is 2.35. The number of nitrogens with one attached hydrogen (secondary N) is 1. The van der Waals surface area contributed by atoms with Crippen molar-refractivity contribution in [1.29, 1.82) is 0 Å². The zero-order chi connectivity index (χ0) is 17.8. The van der Waals surface area contributed by atoms with Gasteiger partial charge in [0, 0.05) is 12.6 Å². The number of hydrogen-bond donors (Lipinski definition) is 2. The zero-order valence-electron chi connectivity index (χ0n) is 13.1. The Morgan fingerprint density at radius 2 is 1.91 bits per heavy atom. The van der Waals surface area contributed by atoms with Crippen LogP contribution in [0.2, 0.25) is 0 Å². The van der Waals surface area contributed by atoms with Gasteiger partial charge in [0.05, 0.1) is 5.56 Å². The minimum absolute atomic E-state index is 0.0510. The Morgan fingerprint density at radius 3 is 2.43 bits per heavy atom. The Labute approximate surface area is 132 Å². The molecule has 23 heavy (non-hydrogen) atoms. The molecule has 1 atom stereocenters. The van der Waals surface area contributed by atoms with Crippen molar-refractivity contribution in [2.45, 2.75) is 45.0 Å². The van der Waals surface area contributed by atoms with Gasteiger partial charge < -0.3 is 15.8 Å². The van der Waals surface area contributed by atoms with Gasteiger partial charge in [-0.1, -0.05) is 12.1 Å². The molecule has 0 aliphatic heterocycles. The highest BCUT2D eigenvalue weighted by molar-refractivity contribution is 5.67. The molecular weight excluding hydrogens is 316 g/mol. The number of alkyl halides is 3. The quantitative estimate of drug-likeness (QED) is 0.830. The van der Waals surface area contributed by atoms with E-state index in [0.717, 1.165) is 6.07 Å². The van der Waals surface area contributed by atoms with Gasteiger partial charge in [0.1, 0.15) is 11.4 Å². The Hall–Kier alpha value is -1.83. The molecule has 0 saturated carbocycles. The predicted molar refractivity (Wildman–Crippen MR) is 77.3 cm³/mol. The lowest BCUT2D eigenvalue weighted by atomic mass is 10.0. The molecule has 0 aromatic heterocycles. The van der Waals surface area contributed by atoms with Crippen molar-refractivity contribution in [2.24, 2.45) is 5.73 Å². The molecule has 0 bridgehead atoms.